The van der Waals surface area contributed by atoms with E-state index in [1.807, 2.05) is 6.92 Å². The lowest BCUT2D eigenvalue weighted by Gasteiger charge is -2.43. The molecule has 2 unspecified atom stereocenters. The molecule has 0 amide bonds. The smallest absolute Gasteiger partial charge is 0.263 e. The molecule has 0 N–H and O–H groups in total. The minimum Gasteiger partial charge on any atom is -0.263 e. The van der Waals surface area contributed by atoms with Gasteiger partial charge in [0.15, 0.2) is 0 Å². The van der Waals surface area contributed by atoms with Gasteiger partial charge in [-0.1, -0.05) is 0 Å². The summed E-state index contributed by atoms with van der Waals surface area (Å²) in [4.78, 5) is 0. The van der Waals surface area contributed by atoms with E-state index in [0.29, 0.717) is 0 Å². The van der Waals surface area contributed by atoms with Crippen LogP contribution in [0.4, 0.5) is 0 Å². The maximum absolute atomic E-state index is 12.0. The zero-order chi connectivity index (χ0) is 11.8. The first kappa shape index (κ1) is 10.8. The van der Waals surface area contributed by atoms with Gasteiger partial charge in [0.2, 0.25) is 0 Å². The van der Waals surface area contributed by atoms with Crippen LogP contribution in [-0.2, 0) is 14.3 Å². The third-order valence-electron chi connectivity index (χ3n) is 5.84. The molecule has 4 bridgehead atoms. The molecule has 4 heteroatoms. The molecule has 17 heavy (non-hydrogen) atoms. The fourth-order valence-electron chi connectivity index (χ4n) is 5.42. The normalized spacial score (nSPS) is 59.0. The average Bonchev–Trinajstić information content (AvgIpc) is 2.33. The topological polar surface area (TPSA) is 43.4 Å². The summed E-state index contributed by atoms with van der Waals surface area (Å²) < 4.78 is 29.7. The van der Waals surface area contributed by atoms with Crippen LogP contribution in [0.5, 0.6) is 0 Å². The highest BCUT2D eigenvalue weighted by Crippen LogP contribution is 2.60. The predicted molar refractivity (Wildman–Crippen MR) is 63.9 cm³/mol. The fourth-order valence-corrected chi connectivity index (χ4v) is 7.06. The lowest BCUT2D eigenvalue weighted by atomic mass is 9.65. The molecule has 1 spiro atoms. The van der Waals surface area contributed by atoms with E-state index >= 15 is 0 Å². The first-order valence-corrected chi connectivity index (χ1v) is 8.40. The van der Waals surface area contributed by atoms with Crippen LogP contribution >= 0.6 is 0 Å². The van der Waals surface area contributed by atoms with Gasteiger partial charge in [-0.3, -0.25) is 4.18 Å². The minimum absolute atomic E-state index is 0.271. The van der Waals surface area contributed by atoms with Crippen molar-refractivity contribution in [1.82, 2.24) is 0 Å². The summed E-state index contributed by atoms with van der Waals surface area (Å²) >= 11 is 0. The van der Waals surface area contributed by atoms with Gasteiger partial charge < -0.3 is 0 Å². The molecular formula is C13H20O3S. The molecule has 1 saturated heterocycles. The number of rotatable bonds is 0. The van der Waals surface area contributed by atoms with Gasteiger partial charge in [-0.25, -0.2) is 0 Å². The van der Waals surface area contributed by atoms with E-state index < -0.39 is 10.1 Å². The van der Waals surface area contributed by atoms with Gasteiger partial charge in [0, 0.05) is 5.92 Å². The Morgan fingerprint density at radius 1 is 1.00 bits per heavy atom. The van der Waals surface area contributed by atoms with E-state index in [-0.39, 0.29) is 16.8 Å². The Bertz CT molecular complexity index is 441. The molecule has 5 rings (SSSR count). The largest absolute Gasteiger partial charge is 0.270 e. The molecule has 5 fully saturated rings. The van der Waals surface area contributed by atoms with Crippen molar-refractivity contribution in [3.63, 3.8) is 0 Å². The van der Waals surface area contributed by atoms with Crippen molar-refractivity contribution < 1.29 is 12.6 Å². The molecule has 0 aromatic rings. The van der Waals surface area contributed by atoms with E-state index in [9.17, 15) is 8.42 Å². The zero-order valence-corrected chi connectivity index (χ0v) is 11.1. The molecule has 0 aromatic heterocycles. The molecule has 96 valence electrons. The van der Waals surface area contributed by atoms with Gasteiger partial charge in [-0.05, 0) is 63.2 Å². The summed E-state index contributed by atoms with van der Waals surface area (Å²) in [5, 5.41) is -0.277. The molecule has 6 atom stereocenters. The van der Waals surface area contributed by atoms with Crippen molar-refractivity contribution in [3.05, 3.63) is 0 Å². The fraction of sp³-hybridized carbons (Fsp3) is 1.00. The third kappa shape index (κ3) is 1.34. The minimum atomic E-state index is -3.29. The second kappa shape index (κ2) is 3.08. The summed E-state index contributed by atoms with van der Waals surface area (Å²) in [6, 6.07) is 0. The maximum atomic E-state index is 12.0. The van der Waals surface area contributed by atoms with Crippen molar-refractivity contribution in [3.8, 4) is 0 Å². The van der Waals surface area contributed by atoms with Crippen LogP contribution in [0.3, 0.4) is 0 Å². The van der Waals surface area contributed by atoms with Crippen LogP contribution in [0.25, 0.3) is 0 Å². The Balaban J connectivity index is 1.83. The lowest BCUT2D eigenvalue weighted by molar-refractivity contribution is -0.0263. The highest BCUT2D eigenvalue weighted by atomic mass is 32.2. The van der Waals surface area contributed by atoms with Crippen LogP contribution in [0.2, 0.25) is 0 Å². The van der Waals surface area contributed by atoms with Gasteiger partial charge >= 0.3 is 0 Å². The van der Waals surface area contributed by atoms with Gasteiger partial charge in [0.25, 0.3) is 10.1 Å². The van der Waals surface area contributed by atoms with Crippen molar-refractivity contribution >= 4 is 10.1 Å². The highest BCUT2D eigenvalue weighted by molar-refractivity contribution is 7.87. The first-order chi connectivity index (χ1) is 7.98. The Kier molecular flexibility index (Phi) is 1.95. The predicted octanol–water partition coefficient (Wildman–Crippen LogP) is 2.32. The van der Waals surface area contributed by atoms with Crippen LogP contribution in [0.15, 0.2) is 0 Å². The molecule has 3 nitrogen and oxygen atoms in total. The van der Waals surface area contributed by atoms with Crippen molar-refractivity contribution in [2.75, 3.05) is 0 Å². The van der Waals surface area contributed by atoms with Crippen LogP contribution in [0.1, 0.15) is 45.4 Å². The molecule has 1 heterocycles. The summed E-state index contributed by atoms with van der Waals surface area (Å²) in [6.07, 6.45) is 7.08. The second-order valence-corrected chi connectivity index (χ2v) is 8.80. The van der Waals surface area contributed by atoms with Crippen LogP contribution in [0, 0.1) is 23.7 Å². The van der Waals surface area contributed by atoms with Gasteiger partial charge in [-0.2, -0.15) is 8.42 Å². The van der Waals surface area contributed by atoms with E-state index in [4.69, 9.17) is 4.18 Å². The Labute approximate surface area is 103 Å². The molecular weight excluding hydrogens is 236 g/mol. The lowest BCUT2D eigenvalue weighted by Crippen LogP contribution is -2.43. The molecule has 0 aromatic carbocycles. The van der Waals surface area contributed by atoms with E-state index in [1.165, 1.54) is 19.3 Å². The Hall–Kier alpha value is -0.0900. The molecule has 4 saturated carbocycles. The molecule has 1 aliphatic heterocycles. The number of hydrogen-bond acceptors (Lipinski definition) is 3. The van der Waals surface area contributed by atoms with Crippen molar-refractivity contribution in [2.45, 2.75) is 56.3 Å². The Morgan fingerprint density at radius 3 is 2.24 bits per heavy atom. The van der Waals surface area contributed by atoms with Gasteiger partial charge in [0.1, 0.15) is 0 Å². The highest BCUT2D eigenvalue weighted by Gasteiger charge is 2.62. The zero-order valence-electron chi connectivity index (χ0n) is 10.3. The average molecular weight is 256 g/mol. The molecule has 5 aliphatic rings. The quantitative estimate of drug-likeness (QED) is 0.625. The summed E-state index contributed by atoms with van der Waals surface area (Å²) in [5.74, 6) is 2.51. The summed E-state index contributed by atoms with van der Waals surface area (Å²) in [7, 11) is -3.29. The van der Waals surface area contributed by atoms with E-state index in [2.05, 4.69) is 0 Å². The monoisotopic (exact) mass is 256 g/mol. The van der Waals surface area contributed by atoms with Crippen molar-refractivity contribution in [2.24, 2.45) is 23.7 Å². The van der Waals surface area contributed by atoms with Crippen LogP contribution < -0.4 is 0 Å². The molecule has 0 radical (unpaired) electrons. The standard InChI is InChI=1S/C13H20O3S/c1-8-12-5-9-2-10-4-11(3-9)7-13(12,6-10)16-17(8,14)15/h8-12H,2-7H2,1H3/t8-,9?,10-,11+,12-,13?/m1/s1. The SMILES string of the molecule is C[C@@H]1[C@H]2CC3C[C@@H]4C[C@H](C3)CC2(C4)OS1(=O)=O. The second-order valence-electron chi connectivity index (χ2n) is 6.90. The van der Waals surface area contributed by atoms with Gasteiger partial charge in [-0.15, -0.1) is 0 Å². The Morgan fingerprint density at radius 2 is 1.59 bits per heavy atom. The van der Waals surface area contributed by atoms with Gasteiger partial charge in [0.05, 0.1) is 10.9 Å². The van der Waals surface area contributed by atoms with Crippen molar-refractivity contribution in [1.29, 1.82) is 0 Å². The molecule has 4 aliphatic carbocycles. The number of hydrogen-bond donors (Lipinski definition) is 0. The summed E-state index contributed by atoms with van der Waals surface area (Å²) in [5.41, 5.74) is -0.295. The van der Waals surface area contributed by atoms with E-state index in [0.717, 1.165) is 37.0 Å². The first-order valence-electron chi connectivity index (χ1n) is 6.93. The maximum Gasteiger partial charge on any atom is 0.270 e. The third-order valence-corrected chi connectivity index (χ3v) is 7.64. The van der Waals surface area contributed by atoms with E-state index in [1.54, 1.807) is 0 Å². The van der Waals surface area contributed by atoms with Crippen LogP contribution in [-0.4, -0.2) is 19.3 Å². The summed E-state index contributed by atoms with van der Waals surface area (Å²) in [6.45, 7) is 1.86.